The fourth-order valence-electron chi connectivity index (χ4n) is 2.96. The largest absolute Gasteiger partial charge is 0.478 e. The van der Waals surface area contributed by atoms with E-state index >= 15 is 0 Å². The number of hydrogen-bond donors (Lipinski definition) is 1. The lowest BCUT2D eigenvalue weighted by atomic mass is 10.1. The van der Waals surface area contributed by atoms with Gasteiger partial charge in [0.25, 0.3) is 0 Å². The van der Waals surface area contributed by atoms with Gasteiger partial charge in [0, 0.05) is 7.11 Å². The van der Waals surface area contributed by atoms with E-state index in [4.69, 9.17) is 4.74 Å². The third-order valence-electron chi connectivity index (χ3n) is 4.37. The predicted molar refractivity (Wildman–Crippen MR) is 95.3 cm³/mol. The summed E-state index contributed by atoms with van der Waals surface area (Å²) in [7, 11) is 1.58. The van der Waals surface area contributed by atoms with Crippen molar-refractivity contribution in [1.29, 1.82) is 0 Å². The maximum Gasteiger partial charge on any atom is 0.335 e. The number of carbonyl (C=O) groups is 1. The lowest BCUT2D eigenvalue weighted by molar-refractivity contribution is 0.0697. The molecule has 0 fully saturated rings. The Balaban J connectivity index is 2.19. The molecule has 0 bridgehead atoms. The first-order valence-corrected chi connectivity index (χ1v) is 8.02. The minimum Gasteiger partial charge on any atom is -0.478 e. The molecule has 3 aromatic rings. The van der Waals surface area contributed by atoms with Crippen molar-refractivity contribution in [3.8, 4) is 0 Å². The molecule has 1 N–H and O–H groups in total. The molecule has 6 heteroatoms. The molecule has 0 aliphatic heterocycles. The Morgan fingerprint density at radius 2 is 1.88 bits per heavy atom. The van der Waals surface area contributed by atoms with Crippen LogP contribution < -0.4 is 5.69 Å². The molecule has 130 valence electrons. The number of carboxylic acid groups (broad SMARTS) is 1. The van der Waals surface area contributed by atoms with E-state index in [-0.39, 0.29) is 11.3 Å². The zero-order valence-corrected chi connectivity index (χ0v) is 14.2. The number of rotatable bonds is 6. The fourth-order valence-corrected chi connectivity index (χ4v) is 2.96. The second kappa shape index (κ2) is 6.94. The van der Waals surface area contributed by atoms with E-state index in [2.05, 4.69) is 0 Å². The van der Waals surface area contributed by atoms with E-state index in [0.717, 1.165) is 11.1 Å². The third kappa shape index (κ3) is 3.21. The van der Waals surface area contributed by atoms with Gasteiger partial charge in [-0.1, -0.05) is 24.3 Å². The molecule has 0 saturated heterocycles. The van der Waals surface area contributed by atoms with Gasteiger partial charge in [0.05, 0.1) is 36.3 Å². The summed E-state index contributed by atoms with van der Waals surface area (Å²) in [5.74, 6) is -1.01. The van der Waals surface area contributed by atoms with Crippen molar-refractivity contribution in [3.05, 3.63) is 69.6 Å². The first-order valence-electron chi connectivity index (χ1n) is 8.02. The summed E-state index contributed by atoms with van der Waals surface area (Å²) in [6, 6.07) is 12.6. The van der Waals surface area contributed by atoms with Crippen LogP contribution in [0.3, 0.4) is 0 Å². The van der Waals surface area contributed by atoms with Crippen LogP contribution in [0.2, 0.25) is 0 Å². The van der Waals surface area contributed by atoms with Crippen LogP contribution in [0.5, 0.6) is 0 Å². The molecule has 3 rings (SSSR count). The lowest BCUT2D eigenvalue weighted by Gasteiger charge is -2.07. The van der Waals surface area contributed by atoms with Crippen LogP contribution >= 0.6 is 0 Å². The molecule has 0 saturated carbocycles. The maximum absolute atomic E-state index is 12.9. The van der Waals surface area contributed by atoms with E-state index in [1.54, 1.807) is 28.4 Å². The van der Waals surface area contributed by atoms with Crippen molar-refractivity contribution < 1.29 is 14.6 Å². The summed E-state index contributed by atoms with van der Waals surface area (Å²) in [4.78, 5) is 24.2. The van der Waals surface area contributed by atoms with Crippen LogP contribution in [0.15, 0.2) is 47.3 Å². The van der Waals surface area contributed by atoms with Gasteiger partial charge in [-0.15, -0.1) is 0 Å². The van der Waals surface area contributed by atoms with Crippen molar-refractivity contribution in [2.24, 2.45) is 0 Å². The summed E-state index contributed by atoms with van der Waals surface area (Å²) >= 11 is 0. The van der Waals surface area contributed by atoms with Crippen LogP contribution in [0.4, 0.5) is 0 Å². The highest BCUT2D eigenvalue weighted by atomic mass is 16.5. The first kappa shape index (κ1) is 17.0. The highest BCUT2D eigenvalue weighted by Crippen LogP contribution is 2.18. The zero-order valence-electron chi connectivity index (χ0n) is 14.2. The summed E-state index contributed by atoms with van der Waals surface area (Å²) in [5, 5.41) is 9.27. The van der Waals surface area contributed by atoms with Gasteiger partial charge in [0.15, 0.2) is 0 Å². The van der Waals surface area contributed by atoms with Gasteiger partial charge in [-0.25, -0.2) is 9.59 Å². The second-order valence-corrected chi connectivity index (χ2v) is 5.95. The van der Waals surface area contributed by atoms with E-state index in [1.165, 1.54) is 6.07 Å². The number of benzene rings is 2. The van der Waals surface area contributed by atoms with Gasteiger partial charge in [-0.2, -0.15) is 0 Å². The standard InChI is InChI=1S/C19H20N2O4/c1-13-5-3-4-6-15(13)12-21-17-11-14(18(22)23)7-8-16(17)20(19(21)24)9-10-25-2/h3-8,11H,9-10,12H2,1-2H3,(H,22,23). The number of ether oxygens (including phenoxy) is 1. The quantitative estimate of drug-likeness (QED) is 0.748. The van der Waals surface area contributed by atoms with Gasteiger partial charge in [-0.3, -0.25) is 9.13 Å². The Bertz CT molecular complexity index is 985. The van der Waals surface area contributed by atoms with Gasteiger partial charge >= 0.3 is 11.7 Å². The SMILES string of the molecule is COCCn1c(=O)n(Cc2ccccc2C)c2cc(C(=O)O)ccc21. The Hall–Kier alpha value is -2.86. The Kier molecular flexibility index (Phi) is 4.72. The van der Waals surface area contributed by atoms with Crippen molar-refractivity contribution >= 4 is 17.0 Å². The summed E-state index contributed by atoms with van der Waals surface area (Å²) in [6.07, 6.45) is 0. The van der Waals surface area contributed by atoms with Gasteiger partial charge < -0.3 is 9.84 Å². The van der Waals surface area contributed by atoms with Crippen molar-refractivity contribution in [2.75, 3.05) is 13.7 Å². The van der Waals surface area contributed by atoms with Crippen LogP contribution in [0.1, 0.15) is 21.5 Å². The van der Waals surface area contributed by atoms with Gasteiger partial charge in [0.1, 0.15) is 0 Å². The molecule has 0 spiro atoms. The van der Waals surface area contributed by atoms with Crippen LogP contribution in [0.25, 0.3) is 11.0 Å². The molecule has 1 heterocycles. The number of nitrogens with zero attached hydrogens (tertiary/aromatic N) is 2. The Morgan fingerprint density at radius 1 is 1.12 bits per heavy atom. The van der Waals surface area contributed by atoms with Crippen molar-refractivity contribution in [2.45, 2.75) is 20.0 Å². The summed E-state index contributed by atoms with van der Waals surface area (Å²) in [6.45, 7) is 3.21. The predicted octanol–water partition coefficient (Wildman–Crippen LogP) is 2.50. The fraction of sp³-hybridized carbons (Fsp3) is 0.263. The molecule has 25 heavy (non-hydrogen) atoms. The number of aryl methyl sites for hydroxylation is 1. The van der Waals surface area contributed by atoms with Crippen LogP contribution in [-0.4, -0.2) is 33.9 Å². The Labute approximate surface area is 144 Å². The molecule has 0 unspecified atom stereocenters. The Morgan fingerprint density at radius 3 is 2.56 bits per heavy atom. The molecule has 1 aromatic heterocycles. The number of methoxy groups -OCH3 is 1. The monoisotopic (exact) mass is 340 g/mol. The molecule has 0 aliphatic carbocycles. The number of carboxylic acids is 1. The molecule has 6 nitrogen and oxygen atoms in total. The van der Waals surface area contributed by atoms with Gasteiger partial charge in [0.2, 0.25) is 0 Å². The molecule has 0 amide bonds. The summed E-state index contributed by atoms with van der Waals surface area (Å²) < 4.78 is 8.35. The van der Waals surface area contributed by atoms with Crippen molar-refractivity contribution in [1.82, 2.24) is 9.13 Å². The smallest absolute Gasteiger partial charge is 0.335 e. The zero-order chi connectivity index (χ0) is 18.0. The molecule has 0 atom stereocenters. The molecule has 0 aliphatic rings. The molecule has 0 radical (unpaired) electrons. The number of fused-ring (bicyclic) bond motifs is 1. The topological polar surface area (TPSA) is 73.5 Å². The van der Waals surface area contributed by atoms with Crippen LogP contribution in [0, 0.1) is 6.92 Å². The third-order valence-corrected chi connectivity index (χ3v) is 4.37. The molecular weight excluding hydrogens is 320 g/mol. The second-order valence-electron chi connectivity index (χ2n) is 5.95. The average Bonchev–Trinajstić information content (AvgIpc) is 2.86. The normalized spacial score (nSPS) is 11.1. The van der Waals surface area contributed by atoms with Crippen molar-refractivity contribution in [3.63, 3.8) is 0 Å². The molecular formula is C19H20N2O4. The minimum absolute atomic E-state index is 0.162. The number of hydrogen-bond acceptors (Lipinski definition) is 3. The number of aromatic nitrogens is 2. The summed E-state index contributed by atoms with van der Waals surface area (Å²) in [5.41, 5.74) is 3.43. The van der Waals surface area contributed by atoms with E-state index < -0.39 is 5.97 Å². The van der Waals surface area contributed by atoms with E-state index in [1.807, 2.05) is 31.2 Å². The van der Waals surface area contributed by atoms with Crippen LogP contribution in [-0.2, 0) is 17.8 Å². The van der Waals surface area contributed by atoms with Gasteiger partial charge in [-0.05, 0) is 36.2 Å². The molecule has 2 aromatic carbocycles. The van der Waals surface area contributed by atoms with E-state index in [0.29, 0.717) is 30.7 Å². The average molecular weight is 340 g/mol. The highest BCUT2D eigenvalue weighted by molar-refractivity contribution is 5.92. The first-order chi connectivity index (χ1) is 12.0. The number of imidazole rings is 1. The lowest BCUT2D eigenvalue weighted by Crippen LogP contribution is -2.26. The number of aromatic carboxylic acids is 1. The minimum atomic E-state index is -1.01. The highest BCUT2D eigenvalue weighted by Gasteiger charge is 2.16. The maximum atomic E-state index is 12.9. The van der Waals surface area contributed by atoms with E-state index in [9.17, 15) is 14.7 Å².